The fraction of sp³-hybridized carbons (Fsp3) is 0.417. The molecule has 1 rings (SSSR count). The van der Waals surface area contributed by atoms with Gasteiger partial charge in [-0.15, -0.1) is 0 Å². The molecule has 94 valence electrons. The Balaban J connectivity index is 2.81. The first-order valence-electron chi connectivity index (χ1n) is 5.52. The number of hydrogen-bond donors (Lipinski definition) is 2. The number of amides is 1. The van der Waals surface area contributed by atoms with Crippen molar-refractivity contribution in [2.24, 2.45) is 5.73 Å². The molecule has 0 radical (unpaired) electrons. The predicted octanol–water partition coefficient (Wildman–Crippen LogP) is 1.19. The average molecular weight is 240 g/mol. The molecule has 0 bridgehead atoms. The zero-order chi connectivity index (χ0) is 12.8. The number of nitrogens with two attached hydrogens (primary N) is 1. The van der Waals surface area contributed by atoms with Crippen molar-refractivity contribution in [1.29, 1.82) is 0 Å². The van der Waals surface area contributed by atoms with E-state index in [1.165, 1.54) is 12.1 Å². The van der Waals surface area contributed by atoms with Crippen LogP contribution in [0.4, 0.5) is 4.39 Å². The van der Waals surface area contributed by atoms with Gasteiger partial charge in [-0.3, -0.25) is 4.79 Å². The number of likely N-dealkylation sites (N-methyl/N-ethyl adjacent to an activating group) is 1. The summed E-state index contributed by atoms with van der Waals surface area (Å²) in [6.45, 7) is 3.98. The second-order valence-corrected chi connectivity index (χ2v) is 3.58. The van der Waals surface area contributed by atoms with Gasteiger partial charge in [-0.05, 0) is 26.0 Å². The Morgan fingerprint density at radius 1 is 1.59 bits per heavy atom. The van der Waals surface area contributed by atoms with Crippen LogP contribution in [0.5, 0.6) is 5.75 Å². The molecular formula is C12H17FN2O2. The Hall–Kier alpha value is -1.62. The maximum atomic E-state index is 13.4. The van der Waals surface area contributed by atoms with Gasteiger partial charge in [0, 0.05) is 18.7 Å². The number of carbonyl (C=O) groups is 1. The normalized spacial score (nSPS) is 12.0. The smallest absolute Gasteiger partial charge is 0.260 e. The lowest BCUT2D eigenvalue weighted by molar-refractivity contribution is -0.127. The molecule has 1 unspecified atom stereocenters. The fourth-order valence-electron chi connectivity index (χ4n) is 1.41. The van der Waals surface area contributed by atoms with Crippen molar-refractivity contribution in [3.63, 3.8) is 0 Å². The number of ether oxygens (including phenoxy) is 1. The van der Waals surface area contributed by atoms with E-state index in [0.717, 1.165) is 0 Å². The van der Waals surface area contributed by atoms with Gasteiger partial charge in [0.25, 0.3) is 5.91 Å². The number of halogens is 1. The zero-order valence-corrected chi connectivity index (χ0v) is 10.00. The second kappa shape index (κ2) is 6.20. The van der Waals surface area contributed by atoms with Crippen molar-refractivity contribution in [3.05, 3.63) is 29.6 Å². The van der Waals surface area contributed by atoms with E-state index in [4.69, 9.17) is 10.5 Å². The van der Waals surface area contributed by atoms with Gasteiger partial charge in [0.2, 0.25) is 0 Å². The molecule has 0 fully saturated rings. The van der Waals surface area contributed by atoms with E-state index in [-0.39, 0.29) is 18.0 Å². The molecule has 5 heteroatoms. The standard InChI is InChI=1S/C12H17FN2O2/c1-3-15-12(16)8(2)17-11-6-4-5-10(13)9(11)7-14/h4-6,8H,3,7,14H2,1-2H3,(H,15,16). The van der Waals surface area contributed by atoms with E-state index in [9.17, 15) is 9.18 Å². The summed E-state index contributed by atoms with van der Waals surface area (Å²) in [6, 6.07) is 4.43. The average Bonchev–Trinajstić information content (AvgIpc) is 2.29. The number of carbonyl (C=O) groups excluding carboxylic acids is 1. The van der Waals surface area contributed by atoms with Crippen LogP contribution < -0.4 is 15.8 Å². The van der Waals surface area contributed by atoms with Crippen LogP contribution in [0.25, 0.3) is 0 Å². The molecule has 0 aliphatic heterocycles. The van der Waals surface area contributed by atoms with Crippen molar-refractivity contribution >= 4 is 5.91 Å². The number of benzene rings is 1. The Bertz CT molecular complexity index is 396. The van der Waals surface area contributed by atoms with E-state index in [1.54, 1.807) is 13.0 Å². The van der Waals surface area contributed by atoms with Crippen LogP contribution in [0.1, 0.15) is 19.4 Å². The highest BCUT2D eigenvalue weighted by Gasteiger charge is 2.16. The first-order chi connectivity index (χ1) is 8.10. The molecule has 1 amide bonds. The monoisotopic (exact) mass is 240 g/mol. The number of hydrogen-bond acceptors (Lipinski definition) is 3. The highest BCUT2D eigenvalue weighted by Crippen LogP contribution is 2.21. The van der Waals surface area contributed by atoms with E-state index in [0.29, 0.717) is 12.3 Å². The van der Waals surface area contributed by atoms with Gasteiger partial charge in [0.05, 0.1) is 0 Å². The summed E-state index contributed by atoms with van der Waals surface area (Å²) in [6.07, 6.45) is -0.679. The van der Waals surface area contributed by atoms with Gasteiger partial charge in [0.1, 0.15) is 11.6 Å². The minimum Gasteiger partial charge on any atom is -0.480 e. The van der Waals surface area contributed by atoms with Gasteiger partial charge in [-0.1, -0.05) is 6.07 Å². The van der Waals surface area contributed by atoms with Crippen LogP contribution in [-0.4, -0.2) is 18.6 Å². The molecule has 1 aromatic carbocycles. The minimum atomic E-state index is -0.679. The third kappa shape index (κ3) is 3.42. The molecule has 0 aromatic heterocycles. The van der Waals surface area contributed by atoms with Crippen molar-refractivity contribution in [2.45, 2.75) is 26.5 Å². The second-order valence-electron chi connectivity index (χ2n) is 3.58. The zero-order valence-electron chi connectivity index (χ0n) is 10.00. The van der Waals surface area contributed by atoms with Crippen LogP contribution in [-0.2, 0) is 11.3 Å². The highest BCUT2D eigenvalue weighted by molar-refractivity contribution is 5.80. The minimum absolute atomic E-state index is 0.0319. The van der Waals surface area contributed by atoms with Gasteiger partial charge < -0.3 is 15.8 Å². The van der Waals surface area contributed by atoms with Crippen molar-refractivity contribution < 1.29 is 13.9 Å². The molecule has 0 saturated heterocycles. The topological polar surface area (TPSA) is 64.3 Å². The molecule has 0 saturated carbocycles. The van der Waals surface area contributed by atoms with Crippen LogP contribution in [0, 0.1) is 5.82 Å². The molecule has 0 aliphatic rings. The highest BCUT2D eigenvalue weighted by atomic mass is 19.1. The molecular weight excluding hydrogens is 223 g/mol. The first-order valence-corrected chi connectivity index (χ1v) is 5.52. The molecule has 4 nitrogen and oxygen atoms in total. The van der Waals surface area contributed by atoms with Gasteiger partial charge in [0.15, 0.2) is 6.10 Å². The summed E-state index contributed by atoms with van der Waals surface area (Å²) in [5, 5.41) is 2.63. The Morgan fingerprint density at radius 3 is 2.88 bits per heavy atom. The largest absolute Gasteiger partial charge is 0.480 e. The molecule has 0 aliphatic carbocycles. The predicted molar refractivity (Wildman–Crippen MR) is 63.1 cm³/mol. The van der Waals surface area contributed by atoms with Gasteiger partial charge >= 0.3 is 0 Å². The molecule has 0 heterocycles. The van der Waals surface area contributed by atoms with Crippen molar-refractivity contribution in [2.75, 3.05) is 6.54 Å². The van der Waals surface area contributed by atoms with Crippen LogP contribution >= 0.6 is 0 Å². The van der Waals surface area contributed by atoms with E-state index in [1.807, 2.05) is 6.92 Å². The molecule has 17 heavy (non-hydrogen) atoms. The fourth-order valence-corrected chi connectivity index (χ4v) is 1.41. The van der Waals surface area contributed by atoms with Gasteiger partial charge in [-0.25, -0.2) is 4.39 Å². The van der Waals surface area contributed by atoms with Crippen molar-refractivity contribution in [1.82, 2.24) is 5.32 Å². The first kappa shape index (κ1) is 13.4. The van der Waals surface area contributed by atoms with E-state index in [2.05, 4.69) is 5.32 Å². The maximum Gasteiger partial charge on any atom is 0.260 e. The van der Waals surface area contributed by atoms with Crippen LogP contribution in [0.3, 0.4) is 0 Å². The lowest BCUT2D eigenvalue weighted by Crippen LogP contribution is -2.36. The summed E-state index contributed by atoms with van der Waals surface area (Å²) >= 11 is 0. The molecule has 3 N–H and O–H groups in total. The Morgan fingerprint density at radius 2 is 2.29 bits per heavy atom. The van der Waals surface area contributed by atoms with E-state index < -0.39 is 11.9 Å². The van der Waals surface area contributed by atoms with E-state index >= 15 is 0 Å². The molecule has 1 aromatic rings. The summed E-state index contributed by atoms with van der Waals surface area (Å²) < 4.78 is 18.8. The molecule has 1 atom stereocenters. The summed E-state index contributed by atoms with van der Waals surface area (Å²) in [5.74, 6) is -0.348. The summed E-state index contributed by atoms with van der Waals surface area (Å²) in [7, 11) is 0. The van der Waals surface area contributed by atoms with Crippen LogP contribution in [0.15, 0.2) is 18.2 Å². The van der Waals surface area contributed by atoms with Gasteiger partial charge in [-0.2, -0.15) is 0 Å². The lowest BCUT2D eigenvalue weighted by Gasteiger charge is -2.16. The molecule has 0 spiro atoms. The SMILES string of the molecule is CCNC(=O)C(C)Oc1cccc(F)c1CN. The quantitative estimate of drug-likeness (QED) is 0.812. The van der Waals surface area contributed by atoms with Crippen molar-refractivity contribution in [3.8, 4) is 5.75 Å². The summed E-state index contributed by atoms with van der Waals surface area (Å²) in [5.41, 5.74) is 5.72. The summed E-state index contributed by atoms with van der Waals surface area (Å²) in [4.78, 5) is 11.5. The number of nitrogens with one attached hydrogen (secondary N) is 1. The third-order valence-electron chi connectivity index (χ3n) is 2.30. The Labute approximate surface area is 100.0 Å². The Kier molecular flexibility index (Phi) is 4.90. The lowest BCUT2D eigenvalue weighted by atomic mass is 10.2. The number of rotatable bonds is 5. The third-order valence-corrected chi connectivity index (χ3v) is 2.30. The van der Waals surface area contributed by atoms with Crippen LogP contribution in [0.2, 0.25) is 0 Å². The maximum absolute atomic E-state index is 13.4.